The van der Waals surface area contributed by atoms with Gasteiger partial charge >= 0.3 is 0 Å². The third-order valence-electron chi connectivity index (χ3n) is 12.7. The van der Waals surface area contributed by atoms with Crippen molar-refractivity contribution in [1.82, 2.24) is 9.78 Å². The van der Waals surface area contributed by atoms with Crippen LogP contribution >= 0.6 is 22.9 Å². The van der Waals surface area contributed by atoms with E-state index in [-0.39, 0.29) is 43.3 Å². The van der Waals surface area contributed by atoms with Crippen molar-refractivity contribution in [3.05, 3.63) is 106 Å². The van der Waals surface area contributed by atoms with Gasteiger partial charge in [-0.25, -0.2) is 4.90 Å². The molecule has 1 N–H and O–H groups in total. The lowest BCUT2D eigenvalue weighted by atomic mass is 9.51. The minimum atomic E-state index is -1.28. The summed E-state index contributed by atoms with van der Waals surface area (Å²) in [6, 6.07) is 22.5. The number of para-hydroxylation sites is 1. The molecule has 1 saturated carbocycles. The van der Waals surface area contributed by atoms with E-state index in [1.165, 1.54) is 9.80 Å². The van der Waals surface area contributed by atoms with Crippen LogP contribution in [0, 0.1) is 36.0 Å². The van der Waals surface area contributed by atoms with Gasteiger partial charge in [0.25, 0.3) is 0 Å². The molecule has 2 saturated heterocycles. The van der Waals surface area contributed by atoms with Gasteiger partial charge in [0.1, 0.15) is 23.9 Å². The first-order valence-electron chi connectivity index (χ1n) is 19.1. The third kappa shape index (κ3) is 5.27. The molecule has 4 heterocycles. The highest BCUT2D eigenvalue weighted by Crippen LogP contribution is 2.64. The smallest absolute Gasteiger partial charge is 0.242 e. The van der Waals surface area contributed by atoms with E-state index in [9.17, 15) is 19.5 Å². The monoisotopic (exact) mass is 788 g/mol. The summed E-state index contributed by atoms with van der Waals surface area (Å²) >= 11 is 7.91. The molecule has 3 aromatic carbocycles. The maximum absolute atomic E-state index is 15.2. The molecule has 4 amide bonds. The molecule has 2 aliphatic heterocycles. The summed E-state index contributed by atoms with van der Waals surface area (Å²) < 4.78 is 8.72. The third-order valence-corrected chi connectivity index (χ3v) is 14.2. The quantitative estimate of drug-likeness (QED) is 0.127. The van der Waals surface area contributed by atoms with E-state index >= 15 is 4.79 Å². The van der Waals surface area contributed by atoms with Crippen molar-refractivity contribution in [2.45, 2.75) is 46.0 Å². The van der Waals surface area contributed by atoms with E-state index in [0.717, 1.165) is 38.1 Å². The molecular formula is C44H41ClN4O6S. The molecule has 0 spiro atoms. The number of allylic oxidation sites excluding steroid dienone is 2. The number of carbonyl (C=O) groups excluding carboxylic acids is 4. The van der Waals surface area contributed by atoms with Crippen molar-refractivity contribution >= 4 is 68.2 Å². The number of aromatic nitrogens is 2. The molecular weight excluding hydrogens is 748 g/mol. The topological polar surface area (TPSA) is 122 Å². The van der Waals surface area contributed by atoms with Crippen LogP contribution in [0.5, 0.6) is 5.75 Å². The summed E-state index contributed by atoms with van der Waals surface area (Å²) in [5.41, 5.74) is 3.56. The lowest BCUT2D eigenvalue weighted by molar-refractivity contribution is -0.131. The molecule has 286 valence electrons. The van der Waals surface area contributed by atoms with E-state index in [2.05, 4.69) is 6.92 Å². The SMILES string of the molecule is CCc1ccc(N2C(=O)C3CC=C4C(CC5C(=O)N(c6cc(-c7sc8ccc(Cl)cc8c7C)nn6C)C(=O)C5(C)C4c4ccccc4OCCO)C3C2=O)cc1. The Kier molecular flexibility index (Phi) is 8.83. The lowest BCUT2D eigenvalue weighted by Gasteiger charge is -2.49. The van der Waals surface area contributed by atoms with Crippen molar-refractivity contribution in [2.75, 3.05) is 23.0 Å². The molecule has 2 aliphatic carbocycles. The zero-order chi connectivity index (χ0) is 39.2. The molecule has 0 bridgehead atoms. The number of carbonyl (C=O) groups is 4. The number of halogens is 1. The van der Waals surface area contributed by atoms with Gasteiger partial charge in [0.2, 0.25) is 23.6 Å². The van der Waals surface area contributed by atoms with E-state index in [1.54, 1.807) is 35.2 Å². The number of aliphatic hydroxyl groups is 1. The molecule has 6 unspecified atom stereocenters. The van der Waals surface area contributed by atoms with Gasteiger partial charge in [0.05, 0.1) is 40.3 Å². The summed E-state index contributed by atoms with van der Waals surface area (Å²) in [7, 11) is 1.73. The minimum Gasteiger partial charge on any atom is -0.491 e. The number of hydrogen-bond donors (Lipinski definition) is 1. The molecule has 0 radical (unpaired) electrons. The van der Waals surface area contributed by atoms with Gasteiger partial charge in [-0.05, 0) is 91.9 Å². The van der Waals surface area contributed by atoms with Crippen LogP contribution in [0.3, 0.4) is 0 Å². The number of imide groups is 2. The summed E-state index contributed by atoms with van der Waals surface area (Å²) in [5.74, 6) is -3.66. The Labute approximate surface area is 333 Å². The molecule has 6 atom stereocenters. The largest absolute Gasteiger partial charge is 0.491 e. The van der Waals surface area contributed by atoms with E-state index < -0.39 is 35.0 Å². The number of anilines is 2. The molecule has 5 aromatic rings. The zero-order valence-corrected chi connectivity index (χ0v) is 33.1. The molecule has 10 nitrogen and oxygen atoms in total. The first kappa shape index (κ1) is 36.5. The highest BCUT2D eigenvalue weighted by Gasteiger charge is 2.68. The Morgan fingerprint density at radius 1 is 0.964 bits per heavy atom. The van der Waals surface area contributed by atoms with Crippen LogP contribution in [0.1, 0.15) is 49.3 Å². The summed E-state index contributed by atoms with van der Waals surface area (Å²) in [4.78, 5) is 62.4. The van der Waals surface area contributed by atoms with Gasteiger partial charge in [-0.15, -0.1) is 11.3 Å². The number of aryl methyl sites for hydroxylation is 3. The number of nitrogens with zero attached hydrogens (tertiary/aromatic N) is 4. The van der Waals surface area contributed by atoms with Crippen LogP contribution < -0.4 is 14.5 Å². The molecule has 4 aliphatic rings. The standard InChI is InChI=1S/C44H41ClN4O6S/c1-5-24-10-13-26(14-11-24)48-40(51)29-16-15-27-31(37(29)42(48)53)21-32-41(52)49(43(54)44(32,3)38(27)28-8-6-7-9-34(28)55-19-18-50)36-22-33(46-47(36)4)39-23(2)30-20-25(45)12-17-35(30)56-39/h6-15,17,20,22,29,31-32,37-38,50H,5,16,18-19,21H2,1-4H3. The average Bonchev–Trinajstić information content (AvgIpc) is 3.87. The van der Waals surface area contributed by atoms with Crippen molar-refractivity contribution in [3.8, 4) is 16.3 Å². The predicted octanol–water partition coefficient (Wildman–Crippen LogP) is 7.63. The lowest BCUT2D eigenvalue weighted by Crippen LogP contribution is -2.49. The Morgan fingerprint density at radius 2 is 1.73 bits per heavy atom. The first-order chi connectivity index (χ1) is 27.0. The second-order valence-corrected chi connectivity index (χ2v) is 17.0. The average molecular weight is 789 g/mol. The number of hydrogen-bond acceptors (Lipinski definition) is 8. The van der Waals surface area contributed by atoms with E-state index in [4.69, 9.17) is 21.4 Å². The molecule has 3 fully saturated rings. The van der Waals surface area contributed by atoms with Crippen LogP contribution in [0.4, 0.5) is 11.5 Å². The highest BCUT2D eigenvalue weighted by atomic mass is 35.5. The maximum atomic E-state index is 15.2. The van der Waals surface area contributed by atoms with Crippen molar-refractivity contribution in [3.63, 3.8) is 0 Å². The highest BCUT2D eigenvalue weighted by molar-refractivity contribution is 7.22. The van der Waals surface area contributed by atoms with Gasteiger partial charge in [-0.1, -0.05) is 60.5 Å². The summed E-state index contributed by atoms with van der Waals surface area (Å²) in [5, 5.41) is 16.2. The fraction of sp³-hybridized carbons (Fsp3) is 0.341. The normalized spacial score (nSPS) is 25.8. The second kappa shape index (κ2) is 13.5. The van der Waals surface area contributed by atoms with E-state index in [1.807, 2.05) is 80.6 Å². The van der Waals surface area contributed by atoms with Gasteiger partial charge in [0.15, 0.2) is 0 Å². The Bertz CT molecular complexity index is 2510. The fourth-order valence-electron chi connectivity index (χ4n) is 9.93. The summed E-state index contributed by atoms with van der Waals surface area (Å²) in [6.07, 6.45) is 3.42. The fourth-order valence-corrected chi connectivity index (χ4v) is 11.3. The van der Waals surface area contributed by atoms with Gasteiger partial charge < -0.3 is 9.84 Å². The van der Waals surface area contributed by atoms with Crippen molar-refractivity contribution in [2.24, 2.45) is 36.1 Å². The zero-order valence-electron chi connectivity index (χ0n) is 31.5. The molecule has 56 heavy (non-hydrogen) atoms. The Hall–Kier alpha value is -5.10. The van der Waals surface area contributed by atoms with Crippen LogP contribution in [0.2, 0.25) is 5.02 Å². The molecule has 9 rings (SSSR count). The van der Waals surface area contributed by atoms with Crippen LogP contribution in [0.25, 0.3) is 20.7 Å². The number of rotatable bonds is 8. The van der Waals surface area contributed by atoms with Crippen LogP contribution in [-0.4, -0.2) is 51.7 Å². The Morgan fingerprint density at radius 3 is 2.48 bits per heavy atom. The van der Waals surface area contributed by atoms with Gasteiger partial charge in [-0.3, -0.25) is 28.8 Å². The minimum absolute atomic E-state index is 0.0377. The van der Waals surface area contributed by atoms with Crippen LogP contribution in [0.15, 0.2) is 84.4 Å². The number of aliphatic hydroxyl groups excluding tert-OH is 1. The maximum Gasteiger partial charge on any atom is 0.242 e. The number of benzene rings is 3. The van der Waals surface area contributed by atoms with Crippen LogP contribution in [-0.2, 0) is 32.6 Å². The first-order valence-corrected chi connectivity index (χ1v) is 20.3. The van der Waals surface area contributed by atoms with Gasteiger partial charge in [0, 0.05) is 34.3 Å². The molecule has 2 aromatic heterocycles. The summed E-state index contributed by atoms with van der Waals surface area (Å²) in [6.45, 7) is 5.75. The van der Waals surface area contributed by atoms with Crippen molar-refractivity contribution < 1.29 is 29.0 Å². The second-order valence-electron chi connectivity index (χ2n) is 15.5. The predicted molar refractivity (Wildman–Crippen MR) is 216 cm³/mol. The number of fused-ring (bicyclic) bond motifs is 5. The number of thiophene rings is 1. The van der Waals surface area contributed by atoms with Crippen molar-refractivity contribution in [1.29, 1.82) is 0 Å². The van der Waals surface area contributed by atoms with Gasteiger partial charge in [-0.2, -0.15) is 5.10 Å². The molecule has 12 heteroatoms. The van der Waals surface area contributed by atoms with E-state index in [0.29, 0.717) is 40.0 Å². The Balaban J connectivity index is 1.15. The number of ether oxygens (including phenoxy) is 1. The number of amides is 4.